The lowest BCUT2D eigenvalue weighted by molar-refractivity contribution is 0.0154. The zero-order valence-electron chi connectivity index (χ0n) is 12.4. The number of carbonyl (C=O) groups is 1. The molecule has 2 rings (SSSR count). The maximum absolute atomic E-state index is 12.0. The smallest absolute Gasteiger partial charge is 0.410 e. The Bertz CT molecular complexity index is 318. The summed E-state index contributed by atoms with van der Waals surface area (Å²) in [6.07, 6.45) is 7.77. The van der Waals surface area contributed by atoms with Crippen molar-refractivity contribution in [2.75, 3.05) is 13.1 Å². The molecule has 0 aromatic rings. The van der Waals surface area contributed by atoms with Crippen molar-refractivity contribution in [2.24, 2.45) is 11.1 Å². The van der Waals surface area contributed by atoms with Gasteiger partial charge in [0.25, 0.3) is 0 Å². The van der Waals surface area contributed by atoms with Gasteiger partial charge in [-0.15, -0.1) is 0 Å². The van der Waals surface area contributed by atoms with E-state index in [9.17, 15) is 4.79 Å². The second-order valence-corrected chi connectivity index (χ2v) is 7.08. The summed E-state index contributed by atoms with van der Waals surface area (Å²) in [4.78, 5) is 13.8. The van der Waals surface area contributed by atoms with Crippen LogP contribution in [-0.4, -0.2) is 35.7 Å². The van der Waals surface area contributed by atoms with Crippen molar-refractivity contribution in [3.05, 3.63) is 6.42 Å². The van der Waals surface area contributed by atoms with Crippen LogP contribution in [0.15, 0.2) is 0 Å². The van der Waals surface area contributed by atoms with Crippen LogP contribution < -0.4 is 5.73 Å². The average molecular weight is 267 g/mol. The monoisotopic (exact) mass is 267 g/mol. The van der Waals surface area contributed by atoms with Crippen LogP contribution in [-0.2, 0) is 4.74 Å². The van der Waals surface area contributed by atoms with Gasteiger partial charge >= 0.3 is 6.09 Å². The SMILES string of the molecule is CC(C)(C)OC(=O)N1C[CH]C2(CCC(N)CC2)CC1. The maximum atomic E-state index is 12.0. The number of nitrogens with zero attached hydrogens (tertiary/aromatic N) is 1. The van der Waals surface area contributed by atoms with E-state index in [1.165, 1.54) is 12.8 Å². The summed E-state index contributed by atoms with van der Waals surface area (Å²) in [7, 11) is 0. The molecule has 19 heavy (non-hydrogen) atoms. The highest BCUT2D eigenvalue weighted by Crippen LogP contribution is 2.43. The van der Waals surface area contributed by atoms with Crippen LogP contribution in [0, 0.1) is 11.8 Å². The van der Waals surface area contributed by atoms with Crippen LogP contribution in [0.1, 0.15) is 52.9 Å². The van der Waals surface area contributed by atoms with E-state index in [1.54, 1.807) is 0 Å². The zero-order chi connectivity index (χ0) is 14.1. The number of hydrogen-bond donors (Lipinski definition) is 1. The third-order valence-corrected chi connectivity index (χ3v) is 4.30. The first-order chi connectivity index (χ1) is 8.80. The van der Waals surface area contributed by atoms with Crippen LogP contribution in [0.3, 0.4) is 0 Å². The normalized spacial score (nSPS) is 24.5. The third kappa shape index (κ3) is 3.85. The van der Waals surface area contributed by atoms with Gasteiger partial charge in [0.15, 0.2) is 0 Å². The predicted octanol–water partition coefficient (Wildman–Crippen LogP) is 2.72. The molecule has 1 radical (unpaired) electrons. The van der Waals surface area contributed by atoms with Gasteiger partial charge in [0.2, 0.25) is 0 Å². The number of ether oxygens (including phenoxy) is 1. The molecule has 1 saturated heterocycles. The molecule has 2 fully saturated rings. The topological polar surface area (TPSA) is 55.6 Å². The number of amides is 1. The minimum atomic E-state index is -0.413. The van der Waals surface area contributed by atoms with Gasteiger partial charge in [0.1, 0.15) is 5.60 Å². The zero-order valence-corrected chi connectivity index (χ0v) is 12.4. The van der Waals surface area contributed by atoms with Crippen LogP contribution in [0.4, 0.5) is 4.79 Å². The number of likely N-dealkylation sites (tertiary alicyclic amines) is 1. The molecule has 1 aliphatic heterocycles. The van der Waals surface area contributed by atoms with Crippen molar-refractivity contribution in [3.63, 3.8) is 0 Å². The molecule has 0 aromatic carbocycles. The lowest BCUT2D eigenvalue weighted by Crippen LogP contribution is -2.47. The largest absolute Gasteiger partial charge is 0.444 e. The van der Waals surface area contributed by atoms with Gasteiger partial charge < -0.3 is 15.4 Å². The van der Waals surface area contributed by atoms with Gasteiger partial charge in [0.05, 0.1) is 0 Å². The summed E-state index contributed by atoms with van der Waals surface area (Å²) >= 11 is 0. The first kappa shape index (κ1) is 14.6. The predicted molar refractivity (Wildman–Crippen MR) is 75.6 cm³/mol. The molecule has 0 atom stereocenters. The van der Waals surface area contributed by atoms with E-state index >= 15 is 0 Å². The molecule has 1 heterocycles. The standard InChI is InChI=1S/C15H27N2O2/c1-14(2,3)19-13(18)17-10-8-15(9-11-17)6-4-12(16)5-7-15/h8,12H,4-7,9-11,16H2,1-3H3. The molecule has 0 aromatic heterocycles. The number of carbonyl (C=O) groups excluding carboxylic acids is 1. The van der Waals surface area contributed by atoms with Crippen LogP contribution >= 0.6 is 0 Å². The van der Waals surface area contributed by atoms with Gasteiger partial charge in [-0.1, -0.05) is 0 Å². The molecule has 1 aliphatic carbocycles. The van der Waals surface area contributed by atoms with Crippen molar-refractivity contribution < 1.29 is 9.53 Å². The highest BCUT2D eigenvalue weighted by Gasteiger charge is 2.39. The van der Waals surface area contributed by atoms with Crippen molar-refractivity contribution >= 4 is 6.09 Å². The molecule has 1 spiro atoms. The molecule has 4 nitrogen and oxygen atoms in total. The third-order valence-electron chi connectivity index (χ3n) is 4.30. The summed E-state index contributed by atoms with van der Waals surface area (Å²) in [5.74, 6) is 0. The number of piperidine rings is 1. The second-order valence-electron chi connectivity index (χ2n) is 7.08. The minimum Gasteiger partial charge on any atom is -0.444 e. The lowest BCUT2D eigenvalue weighted by Gasteiger charge is -2.45. The molecule has 1 amide bonds. The van der Waals surface area contributed by atoms with Gasteiger partial charge in [0, 0.05) is 19.1 Å². The molecule has 4 heteroatoms. The Hall–Kier alpha value is -0.770. The molecule has 2 N–H and O–H groups in total. The van der Waals surface area contributed by atoms with E-state index < -0.39 is 5.60 Å². The van der Waals surface area contributed by atoms with Gasteiger partial charge in [-0.2, -0.15) is 0 Å². The molecule has 1 saturated carbocycles. The van der Waals surface area contributed by atoms with Crippen molar-refractivity contribution in [1.29, 1.82) is 0 Å². The fraction of sp³-hybridized carbons (Fsp3) is 0.867. The maximum Gasteiger partial charge on any atom is 0.410 e. The first-order valence-corrected chi connectivity index (χ1v) is 7.38. The molecule has 0 unspecified atom stereocenters. The van der Waals surface area contributed by atoms with E-state index in [2.05, 4.69) is 6.42 Å². The molecule has 0 bridgehead atoms. The Balaban J connectivity index is 1.84. The molecule has 2 aliphatic rings. The molecular formula is C15H27N2O2. The summed E-state index contributed by atoms with van der Waals surface area (Å²) in [5, 5.41) is 0. The highest BCUT2D eigenvalue weighted by molar-refractivity contribution is 5.68. The van der Waals surface area contributed by atoms with Crippen molar-refractivity contribution in [3.8, 4) is 0 Å². The summed E-state index contributed by atoms with van der Waals surface area (Å²) < 4.78 is 5.42. The average Bonchev–Trinajstić information content (AvgIpc) is 2.32. The van der Waals surface area contributed by atoms with Gasteiger partial charge in [-0.3, -0.25) is 0 Å². The fourth-order valence-electron chi connectivity index (χ4n) is 3.02. The van der Waals surface area contributed by atoms with Crippen LogP contribution in [0.2, 0.25) is 0 Å². The Kier molecular flexibility index (Phi) is 4.09. The summed E-state index contributed by atoms with van der Waals surface area (Å²) in [6, 6.07) is 0.378. The number of nitrogens with two attached hydrogens (primary N) is 1. The van der Waals surface area contributed by atoms with E-state index in [-0.39, 0.29) is 6.09 Å². The Morgan fingerprint density at radius 1 is 1.32 bits per heavy atom. The van der Waals surface area contributed by atoms with E-state index in [4.69, 9.17) is 10.5 Å². The summed E-state index contributed by atoms with van der Waals surface area (Å²) in [6.45, 7) is 7.23. The van der Waals surface area contributed by atoms with E-state index in [0.29, 0.717) is 18.0 Å². The Morgan fingerprint density at radius 2 is 1.95 bits per heavy atom. The molecular weight excluding hydrogens is 240 g/mol. The first-order valence-electron chi connectivity index (χ1n) is 7.38. The lowest BCUT2D eigenvalue weighted by atomic mass is 9.67. The Labute approximate surface area is 116 Å². The van der Waals surface area contributed by atoms with Crippen LogP contribution in [0.5, 0.6) is 0 Å². The second kappa shape index (κ2) is 5.31. The number of rotatable bonds is 0. The number of hydrogen-bond acceptors (Lipinski definition) is 3. The van der Waals surface area contributed by atoms with Crippen molar-refractivity contribution in [1.82, 2.24) is 4.90 Å². The summed E-state index contributed by atoms with van der Waals surface area (Å²) in [5.41, 5.74) is 5.89. The van der Waals surface area contributed by atoms with Crippen LogP contribution in [0.25, 0.3) is 0 Å². The highest BCUT2D eigenvalue weighted by atomic mass is 16.6. The Morgan fingerprint density at radius 3 is 2.42 bits per heavy atom. The van der Waals surface area contributed by atoms with E-state index in [1.807, 2.05) is 25.7 Å². The van der Waals surface area contributed by atoms with Gasteiger partial charge in [-0.25, -0.2) is 4.79 Å². The quantitative estimate of drug-likeness (QED) is 0.734. The minimum absolute atomic E-state index is 0.189. The van der Waals surface area contributed by atoms with Gasteiger partial charge in [-0.05, 0) is 64.7 Å². The fourth-order valence-corrected chi connectivity index (χ4v) is 3.02. The molecule has 109 valence electrons. The van der Waals surface area contributed by atoms with E-state index in [0.717, 1.165) is 25.8 Å². The van der Waals surface area contributed by atoms with Crippen molar-refractivity contribution in [2.45, 2.75) is 64.5 Å².